The minimum atomic E-state index is -0.937. The number of fused-ring (bicyclic) bond motifs is 3. The largest absolute Gasteiger partial charge is 0.508 e. The number of hydrogen-bond donors (Lipinski definition) is 4. The molecule has 0 saturated heterocycles. The van der Waals surface area contributed by atoms with Gasteiger partial charge in [-0.3, -0.25) is 19.2 Å². The van der Waals surface area contributed by atoms with Crippen LogP contribution in [0.2, 0.25) is 5.02 Å². The second kappa shape index (κ2) is 18.7. The van der Waals surface area contributed by atoms with Gasteiger partial charge in [0.05, 0.1) is 23.3 Å². The second-order valence-corrected chi connectivity index (χ2v) is 14.5. The average molecular weight is 869 g/mol. The molecule has 1 unspecified atom stereocenters. The Morgan fingerprint density at radius 1 is 0.746 bits per heavy atom. The van der Waals surface area contributed by atoms with Gasteiger partial charge in [0.25, 0.3) is 0 Å². The summed E-state index contributed by atoms with van der Waals surface area (Å²) in [6, 6.07) is 30.3. The number of phenolic OH excluding ortho intramolecular Hbond substituents is 4. The molecule has 0 bridgehead atoms. The number of hydrogen-bond acceptors (Lipinski definition) is 13. The molecule has 1 atom stereocenters. The summed E-state index contributed by atoms with van der Waals surface area (Å²) in [7, 11) is 1.56. The number of ketones is 2. The summed E-state index contributed by atoms with van der Waals surface area (Å²) in [4.78, 5) is 49.0. The van der Waals surface area contributed by atoms with Crippen molar-refractivity contribution in [1.82, 2.24) is 0 Å². The van der Waals surface area contributed by atoms with Crippen molar-refractivity contribution in [2.45, 2.75) is 12.8 Å². The fourth-order valence-corrected chi connectivity index (χ4v) is 6.86. The van der Waals surface area contributed by atoms with Gasteiger partial charge in [0.15, 0.2) is 23.1 Å². The molecule has 14 heteroatoms. The highest BCUT2D eigenvalue weighted by Crippen LogP contribution is 2.39. The molecule has 13 nitrogen and oxygen atoms in total. The van der Waals surface area contributed by atoms with Gasteiger partial charge in [0, 0.05) is 23.8 Å². The van der Waals surface area contributed by atoms with Crippen LogP contribution in [0.25, 0.3) is 28.2 Å². The van der Waals surface area contributed by atoms with E-state index in [1.54, 1.807) is 73.8 Å². The standard InChI is InChI=1S/C17H13ClO4.C16H12O5.C16H12O4/c18-14-9-11(10-16-17(14)22-8-7-21-16)1-6-15(20)12-2-4-13(19)5-3-12;1-20-11-4-2-9(3-5-11)12-8-21-14-7-10(17)6-13(18)15(14)16(12)19;1-9-2-4-10(5-3-9)14-15(18)12-7-6-11(17)8-13(12)20-16(14)19/h1-6,9-10,19H,7-8H2;2-8,17-18H,1H3;2-8,14,17H,1H3/b6-1+;;. The van der Waals surface area contributed by atoms with Crippen molar-refractivity contribution in [3.8, 4) is 57.1 Å². The van der Waals surface area contributed by atoms with Gasteiger partial charge in [-0.1, -0.05) is 59.6 Å². The first kappa shape index (κ1) is 43.1. The second-order valence-electron chi connectivity index (χ2n) is 14.1. The van der Waals surface area contributed by atoms with E-state index in [-0.39, 0.29) is 56.7 Å². The maximum atomic E-state index is 12.5. The Labute approximate surface area is 364 Å². The minimum absolute atomic E-state index is 0.0427. The quantitative estimate of drug-likeness (QED) is 0.0406. The summed E-state index contributed by atoms with van der Waals surface area (Å²) >= 11 is 6.15. The Balaban J connectivity index is 0.000000142. The van der Waals surface area contributed by atoms with E-state index in [9.17, 15) is 39.6 Å². The van der Waals surface area contributed by atoms with Crippen molar-refractivity contribution in [1.29, 1.82) is 0 Å². The third kappa shape index (κ3) is 9.80. The lowest BCUT2D eigenvalue weighted by molar-refractivity contribution is -0.135. The van der Waals surface area contributed by atoms with Gasteiger partial charge in [0.1, 0.15) is 70.9 Å². The maximum Gasteiger partial charge on any atom is 0.326 e. The lowest BCUT2D eigenvalue weighted by Crippen LogP contribution is -2.31. The number of aryl methyl sites for hydroxylation is 1. The van der Waals surface area contributed by atoms with Crippen molar-refractivity contribution < 1.29 is 58.2 Å². The molecule has 2 aliphatic rings. The molecule has 0 saturated carbocycles. The summed E-state index contributed by atoms with van der Waals surface area (Å²) in [5.41, 5.74) is 3.98. The monoisotopic (exact) mass is 868 g/mol. The molecule has 0 spiro atoms. The topological polar surface area (TPSA) is 199 Å². The number of Topliss-reactive ketones (excluding diaryl/α,β-unsaturated/α-hetero) is 1. The summed E-state index contributed by atoms with van der Waals surface area (Å²) in [6.45, 7) is 2.88. The lowest BCUT2D eigenvalue weighted by atomic mass is 9.88. The number of benzene rings is 6. The van der Waals surface area contributed by atoms with Gasteiger partial charge < -0.3 is 43.8 Å². The number of aromatic hydroxyl groups is 4. The van der Waals surface area contributed by atoms with Crippen LogP contribution in [-0.2, 0) is 4.79 Å². The van der Waals surface area contributed by atoms with Gasteiger partial charge in [0.2, 0.25) is 5.43 Å². The van der Waals surface area contributed by atoms with Crippen LogP contribution in [0.1, 0.15) is 43.3 Å². The van der Waals surface area contributed by atoms with E-state index < -0.39 is 11.9 Å². The van der Waals surface area contributed by atoms with Crippen molar-refractivity contribution in [3.05, 3.63) is 171 Å². The molecule has 63 heavy (non-hydrogen) atoms. The minimum Gasteiger partial charge on any atom is -0.508 e. The van der Waals surface area contributed by atoms with E-state index in [0.29, 0.717) is 63.3 Å². The van der Waals surface area contributed by atoms with Crippen LogP contribution in [-0.4, -0.2) is 58.3 Å². The molecule has 3 heterocycles. The third-order valence-electron chi connectivity index (χ3n) is 9.79. The number of halogens is 1. The van der Waals surface area contributed by atoms with Crippen LogP contribution in [0.15, 0.2) is 137 Å². The smallest absolute Gasteiger partial charge is 0.326 e. The van der Waals surface area contributed by atoms with E-state index in [4.69, 9.17) is 35.0 Å². The summed E-state index contributed by atoms with van der Waals surface area (Å²) in [6.07, 6.45) is 4.43. The Hall–Kier alpha value is -8.03. The maximum absolute atomic E-state index is 12.5. The van der Waals surface area contributed by atoms with Gasteiger partial charge in [-0.25, -0.2) is 0 Å². The van der Waals surface area contributed by atoms with E-state index in [2.05, 4.69) is 0 Å². The number of ether oxygens (including phenoxy) is 4. The van der Waals surface area contributed by atoms with E-state index in [0.717, 1.165) is 17.2 Å². The lowest BCUT2D eigenvalue weighted by Gasteiger charge is -2.22. The first-order valence-electron chi connectivity index (χ1n) is 19.2. The molecule has 0 aliphatic carbocycles. The Bertz CT molecular complexity index is 2940. The molecule has 6 aromatic carbocycles. The molecule has 7 aromatic rings. The Morgan fingerprint density at radius 2 is 1.44 bits per heavy atom. The van der Waals surface area contributed by atoms with Gasteiger partial charge in [-0.05, 0) is 90.4 Å². The first-order chi connectivity index (χ1) is 30.3. The number of esters is 1. The molecule has 4 N–H and O–H groups in total. The van der Waals surface area contributed by atoms with Crippen molar-refractivity contribution >= 4 is 46.2 Å². The van der Waals surface area contributed by atoms with E-state index in [1.807, 2.05) is 19.1 Å². The van der Waals surface area contributed by atoms with Crippen molar-refractivity contribution in [3.63, 3.8) is 0 Å². The van der Waals surface area contributed by atoms with Gasteiger partial charge >= 0.3 is 5.97 Å². The Morgan fingerprint density at radius 3 is 2.16 bits per heavy atom. The zero-order valence-corrected chi connectivity index (χ0v) is 34.3. The molecule has 0 amide bonds. The highest BCUT2D eigenvalue weighted by molar-refractivity contribution is 6.32. The molecule has 1 aromatic heterocycles. The first-order valence-corrected chi connectivity index (χ1v) is 19.6. The van der Waals surface area contributed by atoms with Crippen LogP contribution in [0.4, 0.5) is 0 Å². The SMILES string of the molecule is COc1ccc(-c2coc3cc(O)cc(O)c3c2=O)cc1.Cc1ccc(C2C(=O)Oc3cc(O)ccc3C2=O)cc1.O=C(/C=C/c1cc(Cl)c2c(c1)OCCO2)c1ccc(O)cc1. The predicted molar refractivity (Wildman–Crippen MR) is 234 cm³/mol. The molecule has 2 aliphatic heterocycles. The Kier molecular flexibility index (Phi) is 12.8. The normalized spacial score (nSPS) is 13.8. The zero-order chi connectivity index (χ0) is 44.8. The molecular weight excluding hydrogens is 832 g/mol. The van der Waals surface area contributed by atoms with Crippen LogP contribution in [0, 0.1) is 6.92 Å². The molecular formula is C49H37ClO13. The predicted octanol–water partition coefficient (Wildman–Crippen LogP) is 9.18. The van der Waals surface area contributed by atoms with Crippen LogP contribution < -0.4 is 24.4 Å². The van der Waals surface area contributed by atoms with E-state index >= 15 is 0 Å². The highest BCUT2D eigenvalue weighted by Gasteiger charge is 2.37. The molecule has 318 valence electrons. The molecule has 0 fully saturated rings. The summed E-state index contributed by atoms with van der Waals surface area (Å²) in [5.74, 6) is -0.507. The van der Waals surface area contributed by atoms with Crippen molar-refractivity contribution in [2.75, 3.05) is 20.3 Å². The van der Waals surface area contributed by atoms with Gasteiger partial charge in [-0.2, -0.15) is 0 Å². The van der Waals surface area contributed by atoms with Gasteiger partial charge in [-0.15, -0.1) is 0 Å². The zero-order valence-electron chi connectivity index (χ0n) is 33.5. The number of rotatable bonds is 6. The number of allylic oxidation sites excluding steroid dienone is 1. The summed E-state index contributed by atoms with van der Waals surface area (Å²) in [5, 5.41) is 38.3. The number of methoxy groups -OCH3 is 1. The van der Waals surface area contributed by atoms with Crippen LogP contribution in [0.3, 0.4) is 0 Å². The molecule has 0 radical (unpaired) electrons. The van der Waals surface area contributed by atoms with Crippen LogP contribution >= 0.6 is 11.6 Å². The fourth-order valence-electron chi connectivity index (χ4n) is 6.58. The highest BCUT2D eigenvalue weighted by atomic mass is 35.5. The third-order valence-corrected chi connectivity index (χ3v) is 10.1. The number of carbonyl (C=O) groups excluding carboxylic acids is 3. The fraction of sp³-hybridized carbons (Fsp3) is 0.102. The van der Waals surface area contributed by atoms with E-state index in [1.165, 1.54) is 48.7 Å². The van der Waals surface area contributed by atoms with Crippen molar-refractivity contribution in [2.24, 2.45) is 0 Å². The number of carbonyl (C=O) groups is 3. The summed E-state index contributed by atoms with van der Waals surface area (Å²) < 4.78 is 26.5. The average Bonchev–Trinajstić information content (AvgIpc) is 3.27. The van der Waals surface area contributed by atoms with Crippen LogP contribution in [0.5, 0.6) is 46.0 Å². The number of phenols is 4. The molecule has 9 rings (SSSR count).